The first-order valence-corrected chi connectivity index (χ1v) is 9.77. The highest BCUT2D eigenvalue weighted by Gasteiger charge is 2.10. The summed E-state index contributed by atoms with van der Waals surface area (Å²) in [4.78, 5) is 12.4. The predicted molar refractivity (Wildman–Crippen MR) is 105 cm³/mol. The molecule has 2 N–H and O–H groups in total. The Bertz CT molecular complexity index is 1110. The molecule has 1 aromatic heterocycles. The lowest BCUT2D eigenvalue weighted by atomic mass is 10.1. The van der Waals surface area contributed by atoms with Crippen LogP contribution in [0.15, 0.2) is 64.2 Å². The molecule has 2 aromatic carbocycles. The Hall–Kier alpha value is -3.30. The van der Waals surface area contributed by atoms with Crippen LogP contribution >= 0.6 is 0 Å². The maximum atomic E-state index is 12.3. The van der Waals surface area contributed by atoms with Gasteiger partial charge in [0.2, 0.25) is 28.2 Å². The molecular weight excluding hydrogens is 380 g/mol. The molecule has 28 heavy (non-hydrogen) atoms. The number of aryl methyl sites for hydroxylation is 1. The maximum Gasteiger partial charge on any atom is 0.248 e. The Labute approximate surface area is 162 Å². The lowest BCUT2D eigenvalue weighted by Gasteiger charge is -2.07. The highest BCUT2D eigenvalue weighted by Crippen LogP contribution is 2.24. The van der Waals surface area contributed by atoms with E-state index in [4.69, 9.17) is 4.42 Å². The van der Waals surface area contributed by atoms with Crippen molar-refractivity contribution >= 4 is 27.7 Å². The molecule has 8 nitrogen and oxygen atoms in total. The van der Waals surface area contributed by atoms with E-state index in [1.165, 1.54) is 31.7 Å². The highest BCUT2D eigenvalue weighted by atomic mass is 32.2. The first-order valence-electron chi connectivity index (χ1n) is 8.29. The molecule has 9 heteroatoms. The zero-order valence-electron chi connectivity index (χ0n) is 15.2. The van der Waals surface area contributed by atoms with Crippen molar-refractivity contribution in [2.24, 2.45) is 0 Å². The summed E-state index contributed by atoms with van der Waals surface area (Å²) in [6.07, 6.45) is 4.21. The van der Waals surface area contributed by atoms with Crippen LogP contribution in [0.3, 0.4) is 0 Å². The number of aromatic nitrogens is 2. The molecule has 0 aliphatic carbocycles. The van der Waals surface area contributed by atoms with Crippen LogP contribution in [0.5, 0.6) is 0 Å². The summed E-state index contributed by atoms with van der Waals surface area (Å²) in [6, 6.07) is 11.6. The van der Waals surface area contributed by atoms with Gasteiger partial charge in [0.05, 0.1) is 4.90 Å². The van der Waals surface area contributed by atoms with E-state index in [-0.39, 0.29) is 10.8 Å². The second-order valence-corrected chi connectivity index (χ2v) is 7.76. The predicted octanol–water partition coefficient (Wildman–Crippen LogP) is 2.61. The molecule has 0 fully saturated rings. The normalized spacial score (nSPS) is 11.6. The van der Waals surface area contributed by atoms with Gasteiger partial charge in [-0.2, -0.15) is 0 Å². The molecule has 0 saturated carbocycles. The molecule has 0 bridgehead atoms. The molecule has 0 unspecified atom stereocenters. The Kier molecular flexibility index (Phi) is 5.67. The van der Waals surface area contributed by atoms with Crippen molar-refractivity contribution < 1.29 is 17.6 Å². The average Bonchev–Trinajstić information content (AvgIpc) is 3.23. The summed E-state index contributed by atoms with van der Waals surface area (Å²) in [5.74, 6) is 0.0420. The van der Waals surface area contributed by atoms with Crippen LogP contribution in [0.4, 0.5) is 5.69 Å². The molecule has 1 heterocycles. The molecule has 3 rings (SSSR count). The van der Waals surface area contributed by atoms with E-state index in [1.54, 1.807) is 24.3 Å². The third-order valence-electron chi connectivity index (χ3n) is 3.99. The first-order chi connectivity index (χ1) is 13.4. The van der Waals surface area contributed by atoms with E-state index in [9.17, 15) is 13.2 Å². The number of nitrogens with one attached hydrogen (secondary N) is 2. The largest absolute Gasteiger partial charge is 0.423 e. The fraction of sp³-hybridized carbons (Fsp3) is 0.105. The van der Waals surface area contributed by atoms with Gasteiger partial charge in [0.15, 0.2) is 0 Å². The molecule has 0 radical (unpaired) electrons. The topological polar surface area (TPSA) is 114 Å². The fourth-order valence-electron chi connectivity index (χ4n) is 2.41. The van der Waals surface area contributed by atoms with Gasteiger partial charge in [-0.1, -0.05) is 18.2 Å². The Morgan fingerprint density at radius 2 is 1.89 bits per heavy atom. The van der Waals surface area contributed by atoms with Crippen molar-refractivity contribution in [1.29, 1.82) is 0 Å². The first kappa shape index (κ1) is 19.5. The van der Waals surface area contributed by atoms with E-state index in [2.05, 4.69) is 20.2 Å². The number of hydrogen-bond acceptors (Lipinski definition) is 6. The lowest BCUT2D eigenvalue weighted by molar-refractivity contribution is -0.111. The summed E-state index contributed by atoms with van der Waals surface area (Å²) < 4.78 is 30.9. The number of nitrogens with zero attached hydrogens (tertiary/aromatic N) is 2. The number of benzene rings is 2. The van der Waals surface area contributed by atoms with Crippen LogP contribution in [-0.2, 0) is 14.8 Å². The third-order valence-corrected chi connectivity index (χ3v) is 5.42. The van der Waals surface area contributed by atoms with Crippen LogP contribution in [0.1, 0.15) is 11.1 Å². The van der Waals surface area contributed by atoms with E-state index < -0.39 is 10.0 Å². The van der Waals surface area contributed by atoms with Gasteiger partial charge < -0.3 is 9.73 Å². The van der Waals surface area contributed by atoms with Crippen molar-refractivity contribution in [3.8, 4) is 11.5 Å². The molecular formula is C19H18N4O4S. The fourth-order valence-corrected chi connectivity index (χ4v) is 3.14. The second-order valence-electron chi connectivity index (χ2n) is 5.87. The summed E-state index contributed by atoms with van der Waals surface area (Å²) >= 11 is 0. The molecule has 0 aliphatic heterocycles. The van der Waals surface area contributed by atoms with Crippen LogP contribution < -0.4 is 10.0 Å². The number of sulfonamides is 1. The van der Waals surface area contributed by atoms with Crippen molar-refractivity contribution in [3.63, 3.8) is 0 Å². The highest BCUT2D eigenvalue weighted by molar-refractivity contribution is 7.89. The van der Waals surface area contributed by atoms with Gasteiger partial charge in [-0.3, -0.25) is 4.79 Å². The van der Waals surface area contributed by atoms with Gasteiger partial charge in [0.25, 0.3) is 0 Å². The van der Waals surface area contributed by atoms with Gasteiger partial charge in [0.1, 0.15) is 0 Å². The minimum Gasteiger partial charge on any atom is -0.423 e. The number of carbonyl (C=O) groups excluding carboxylic acids is 1. The molecule has 0 atom stereocenters. The molecule has 0 aliphatic rings. The van der Waals surface area contributed by atoms with E-state index in [0.717, 1.165) is 5.56 Å². The number of carbonyl (C=O) groups is 1. The molecule has 0 spiro atoms. The van der Waals surface area contributed by atoms with Gasteiger partial charge in [-0.05, 0) is 55.4 Å². The van der Waals surface area contributed by atoms with Gasteiger partial charge in [-0.25, -0.2) is 13.1 Å². The number of hydrogen-bond donors (Lipinski definition) is 2. The van der Waals surface area contributed by atoms with Crippen LogP contribution in [0.2, 0.25) is 0 Å². The van der Waals surface area contributed by atoms with Gasteiger partial charge >= 0.3 is 0 Å². The van der Waals surface area contributed by atoms with Gasteiger partial charge in [0, 0.05) is 17.3 Å². The minimum atomic E-state index is -3.49. The molecule has 3 aromatic rings. The molecule has 0 saturated heterocycles. The summed E-state index contributed by atoms with van der Waals surface area (Å²) in [5.41, 5.74) is 2.90. The number of amides is 1. The lowest BCUT2D eigenvalue weighted by Crippen LogP contribution is -2.18. The Balaban J connectivity index is 1.71. The summed E-state index contributed by atoms with van der Waals surface area (Å²) in [5, 5.41) is 10.3. The van der Waals surface area contributed by atoms with Gasteiger partial charge in [-0.15, -0.1) is 10.2 Å². The van der Waals surface area contributed by atoms with Crippen molar-refractivity contribution in [3.05, 3.63) is 66.1 Å². The second kappa shape index (κ2) is 8.15. The summed E-state index contributed by atoms with van der Waals surface area (Å²) in [6.45, 7) is 1.87. The van der Waals surface area contributed by atoms with Crippen molar-refractivity contribution in [2.45, 2.75) is 11.8 Å². The Morgan fingerprint density at radius 3 is 2.54 bits per heavy atom. The monoisotopic (exact) mass is 398 g/mol. The van der Waals surface area contributed by atoms with E-state index >= 15 is 0 Å². The standard InChI is InChI=1S/C19H18N4O4S/c1-13-3-7-15(19-23-21-12-27-19)11-17(13)22-18(24)10-6-14-4-8-16(9-5-14)28(25,26)20-2/h3-12,20H,1-2H3,(H,22,24). The van der Waals surface area contributed by atoms with Crippen LogP contribution in [0.25, 0.3) is 17.5 Å². The number of rotatable bonds is 6. The quantitative estimate of drug-likeness (QED) is 0.617. The van der Waals surface area contributed by atoms with E-state index in [1.807, 2.05) is 19.1 Å². The van der Waals surface area contributed by atoms with Crippen LogP contribution in [0, 0.1) is 6.92 Å². The average molecular weight is 398 g/mol. The van der Waals surface area contributed by atoms with Crippen molar-refractivity contribution in [1.82, 2.24) is 14.9 Å². The van der Waals surface area contributed by atoms with Crippen LogP contribution in [-0.4, -0.2) is 31.6 Å². The zero-order chi connectivity index (χ0) is 20.1. The van der Waals surface area contributed by atoms with Crippen molar-refractivity contribution in [2.75, 3.05) is 12.4 Å². The number of anilines is 1. The molecule has 144 valence electrons. The Morgan fingerprint density at radius 1 is 1.14 bits per heavy atom. The smallest absolute Gasteiger partial charge is 0.248 e. The summed E-state index contributed by atoms with van der Waals surface area (Å²) in [7, 11) is -2.13. The minimum absolute atomic E-state index is 0.157. The third kappa shape index (κ3) is 4.51. The SMILES string of the molecule is CNS(=O)(=O)c1ccc(C=CC(=O)Nc2cc(-c3nnco3)ccc2C)cc1. The maximum absolute atomic E-state index is 12.3. The van der Waals surface area contributed by atoms with E-state index in [0.29, 0.717) is 22.7 Å². The molecule has 1 amide bonds. The zero-order valence-corrected chi connectivity index (χ0v) is 16.0.